The van der Waals surface area contributed by atoms with Gasteiger partial charge in [-0.05, 0) is 27.0 Å². The quantitative estimate of drug-likeness (QED) is 0.871. The number of aromatic nitrogens is 3. The minimum absolute atomic E-state index is 0. The first-order valence-electron chi connectivity index (χ1n) is 5.88. The van der Waals surface area contributed by atoms with Gasteiger partial charge >= 0.3 is 0 Å². The van der Waals surface area contributed by atoms with Crippen molar-refractivity contribution in [1.82, 2.24) is 25.2 Å². The number of fused-ring (bicyclic) bond motifs is 1. The van der Waals surface area contributed by atoms with Crippen LogP contribution in [0.4, 0.5) is 0 Å². The van der Waals surface area contributed by atoms with E-state index in [4.69, 9.17) is 0 Å². The number of carbonyl (C=O) groups is 1. The Hall–Kier alpha value is -1.66. The maximum atomic E-state index is 12.0. The molecular formula is C12H18ClN5O. The fourth-order valence-corrected chi connectivity index (χ4v) is 1.56. The zero-order chi connectivity index (χ0) is 13.1. The molecule has 19 heavy (non-hydrogen) atoms. The maximum absolute atomic E-state index is 12.0. The van der Waals surface area contributed by atoms with E-state index >= 15 is 0 Å². The van der Waals surface area contributed by atoms with Crippen LogP contribution < -0.4 is 10.6 Å². The number of halogens is 1. The second-order valence-corrected chi connectivity index (χ2v) is 4.30. The van der Waals surface area contributed by atoms with Gasteiger partial charge in [-0.3, -0.25) is 4.79 Å². The van der Waals surface area contributed by atoms with E-state index in [2.05, 4.69) is 20.7 Å². The molecule has 0 bridgehead atoms. The third-order valence-electron chi connectivity index (χ3n) is 2.81. The fraction of sp³-hybridized carbons (Fsp3) is 0.417. The van der Waals surface area contributed by atoms with Crippen LogP contribution in [0.15, 0.2) is 18.5 Å². The molecule has 6 nitrogen and oxygen atoms in total. The van der Waals surface area contributed by atoms with Crippen LogP contribution in [0.1, 0.15) is 23.0 Å². The standard InChI is InChI=1S/C12H17N5O.ClH/c1-8-4-5-17-11(16-8)10(7-15-17)12(18)14-6-9(2)13-3;/h4-5,7,9,13H,6H2,1-3H3,(H,14,18);1H. The van der Waals surface area contributed by atoms with Crippen molar-refractivity contribution in [1.29, 1.82) is 0 Å². The second-order valence-electron chi connectivity index (χ2n) is 4.30. The van der Waals surface area contributed by atoms with Gasteiger partial charge in [0.25, 0.3) is 5.91 Å². The predicted octanol–water partition coefficient (Wildman–Crippen LogP) is 0.797. The summed E-state index contributed by atoms with van der Waals surface area (Å²) >= 11 is 0. The lowest BCUT2D eigenvalue weighted by Crippen LogP contribution is -2.37. The predicted molar refractivity (Wildman–Crippen MR) is 75.8 cm³/mol. The Balaban J connectivity index is 0.00000180. The molecular weight excluding hydrogens is 266 g/mol. The number of aryl methyl sites for hydroxylation is 1. The molecule has 104 valence electrons. The summed E-state index contributed by atoms with van der Waals surface area (Å²) in [5.74, 6) is -0.148. The monoisotopic (exact) mass is 283 g/mol. The normalized spacial score (nSPS) is 11.9. The van der Waals surface area contributed by atoms with Gasteiger partial charge in [0.05, 0.1) is 6.20 Å². The van der Waals surface area contributed by atoms with Crippen LogP contribution >= 0.6 is 12.4 Å². The second kappa shape index (κ2) is 6.49. The third-order valence-corrected chi connectivity index (χ3v) is 2.81. The SMILES string of the molecule is CNC(C)CNC(=O)c1cnn2ccc(C)nc12.Cl. The lowest BCUT2D eigenvalue weighted by molar-refractivity contribution is 0.0952. The summed E-state index contributed by atoms with van der Waals surface area (Å²) in [5.41, 5.74) is 1.95. The Morgan fingerprint density at radius 1 is 1.53 bits per heavy atom. The minimum atomic E-state index is -0.148. The first kappa shape index (κ1) is 15.4. The number of hydrogen-bond acceptors (Lipinski definition) is 4. The van der Waals surface area contributed by atoms with E-state index in [0.717, 1.165) is 5.69 Å². The zero-order valence-corrected chi connectivity index (χ0v) is 12.0. The van der Waals surface area contributed by atoms with Crippen LogP contribution in [-0.2, 0) is 0 Å². The summed E-state index contributed by atoms with van der Waals surface area (Å²) in [6.07, 6.45) is 3.34. The van der Waals surface area contributed by atoms with Gasteiger partial charge in [-0.2, -0.15) is 5.10 Å². The van der Waals surface area contributed by atoms with Crippen molar-refractivity contribution >= 4 is 24.0 Å². The molecule has 1 unspecified atom stereocenters. The first-order valence-corrected chi connectivity index (χ1v) is 5.88. The Kier molecular flexibility index (Phi) is 5.26. The van der Waals surface area contributed by atoms with Crippen LogP contribution in [0, 0.1) is 6.92 Å². The fourth-order valence-electron chi connectivity index (χ4n) is 1.56. The number of carbonyl (C=O) groups excluding carboxylic acids is 1. The highest BCUT2D eigenvalue weighted by Gasteiger charge is 2.14. The van der Waals surface area contributed by atoms with Crippen molar-refractivity contribution in [3.8, 4) is 0 Å². The van der Waals surface area contributed by atoms with Gasteiger partial charge < -0.3 is 10.6 Å². The van der Waals surface area contributed by atoms with Crippen molar-refractivity contribution in [3.63, 3.8) is 0 Å². The molecule has 0 saturated carbocycles. The topological polar surface area (TPSA) is 71.3 Å². The highest BCUT2D eigenvalue weighted by Crippen LogP contribution is 2.08. The van der Waals surface area contributed by atoms with E-state index in [1.165, 1.54) is 0 Å². The zero-order valence-electron chi connectivity index (χ0n) is 11.2. The minimum Gasteiger partial charge on any atom is -0.350 e. The summed E-state index contributed by atoms with van der Waals surface area (Å²) < 4.78 is 1.60. The summed E-state index contributed by atoms with van der Waals surface area (Å²) in [4.78, 5) is 16.3. The van der Waals surface area contributed by atoms with Gasteiger partial charge in [0.1, 0.15) is 5.56 Å². The smallest absolute Gasteiger partial charge is 0.256 e. The van der Waals surface area contributed by atoms with Crippen LogP contribution in [0.3, 0.4) is 0 Å². The molecule has 2 aromatic rings. The van der Waals surface area contributed by atoms with E-state index in [1.807, 2.05) is 27.0 Å². The first-order chi connectivity index (χ1) is 8.61. The largest absolute Gasteiger partial charge is 0.350 e. The van der Waals surface area contributed by atoms with E-state index in [0.29, 0.717) is 17.8 Å². The van der Waals surface area contributed by atoms with Gasteiger partial charge in [-0.25, -0.2) is 9.50 Å². The van der Waals surface area contributed by atoms with Crippen LogP contribution in [0.2, 0.25) is 0 Å². The van der Waals surface area contributed by atoms with E-state index < -0.39 is 0 Å². The summed E-state index contributed by atoms with van der Waals surface area (Å²) in [7, 11) is 1.86. The molecule has 7 heteroatoms. The van der Waals surface area contributed by atoms with Crippen molar-refractivity contribution in [2.75, 3.05) is 13.6 Å². The summed E-state index contributed by atoms with van der Waals surface area (Å²) in [6.45, 7) is 4.45. The lowest BCUT2D eigenvalue weighted by Gasteiger charge is -2.10. The van der Waals surface area contributed by atoms with E-state index in [-0.39, 0.29) is 24.4 Å². The van der Waals surface area contributed by atoms with Crippen molar-refractivity contribution in [2.24, 2.45) is 0 Å². The Bertz CT molecular complexity index is 568. The molecule has 0 spiro atoms. The van der Waals surface area contributed by atoms with Crippen molar-refractivity contribution in [3.05, 3.63) is 29.7 Å². The van der Waals surface area contributed by atoms with Crippen LogP contribution in [0.5, 0.6) is 0 Å². The average molecular weight is 284 g/mol. The number of likely N-dealkylation sites (N-methyl/N-ethyl adjacent to an activating group) is 1. The summed E-state index contributed by atoms with van der Waals surface area (Å²) in [5, 5.41) is 10.0. The molecule has 2 heterocycles. The number of nitrogens with one attached hydrogen (secondary N) is 2. The average Bonchev–Trinajstić information content (AvgIpc) is 2.78. The number of nitrogens with zero attached hydrogens (tertiary/aromatic N) is 3. The lowest BCUT2D eigenvalue weighted by atomic mass is 10.3. The van der Waals surface area contributed by atoms with Gasteiger partial charge in [0.15, 0.2) is 5.65 Å². The van der Waals surface area contributed by atoms with Crippen LogP contribution in [-0.4, -0.2) is 40.1 Å². The molecule has 1 amide bonds. The van der Waals surface area contributed by atoms with Gasteiger partial charge in [0.2, 0.25) is 0 Å². The van der Waals surface area contributed by atoms with Crippen molar-refractivity contribution < 1.29 is 4.79 Å². The van der Waals surface area contributed by atoms with E-state index in [1.54, 1.807) is 16.9 Å². The van der Waals surface area contributed by atoms with Gasteiger partial charge in [-0.1, -0.05) is 0 Å². The summed E-state index contributed by atoms with van der Waals surface area (Å²) in [6, 6.07) is 2.08. The molecule has 0 aliphatic rings. The van der Waals surface area contributed by atoms with Crippen LogP contribution in [0.25, 0.3) is 5.65 Å². The molecule has 0 fully saturated rings. The molecule has 0 saturated heterocycles. The number of hydrogen-bond donors (Lipinski definition) is 2. The molecule has 0 aliphatic carbocycles. The molecule has 0 aliphatic heterocycles. The molecule has 1 atom stereocenters. The Morgan fingerprint density at radius 2 is 2.26 bits per heavy atom. The molecule has 0 aromatic carbocycles. The van der Waals surface area contributed by atoms with Gasteiger partial charge in [0, 0.05) is 24.5 Å². The Morgan fingerprint density at radius 3 is 2.95 bits per heavy atom. The molecule has 2 N–H and O–H groups in total. The van der Waals surface area contributed by atoms with Crippen molar-refractivity contribution in [2.45, 2.75) is 19.9 Å². The third kappa shape index (κ3) is 3.42. The molecule has 0 radical (unpaired) electrons. The molecule has 2 rings (SSSR count). The highest BCUT2D eigenvalue weighted by molar-refractivity contribution is 5.99. The number of amides is 1. The van der Waals surface area contributed by atoms with Gasteiger partial charge in [-0.15, -0.1) is 12.4 Å². The van der Waals surface area contributed by atoms with E-state index in [9.17, 15) is 4.79 Å². The molecule has 2 aromatic heterocycles. The number of rotatable bonds is 4. The Labute approximate surface area is 118 Å². The highest BCUT2D eigenvalue weighted by atomic mass is 35.5. The maximum Gasteiger partial charge on any atom is 0.256 e.